The van der Waals surface area contributed by atoms with Crippen molar-refractivity contribution < 1.29 is 26.3 Å². The van der Waals surface area contributed by atoms with E-state index in [0.29, 0.717) is 11.1 Å². The van der Waals surface area contributed by atoms with Gasteiger partial charge < -0.3 is 0 Å². The lowest BCUT2D eigenvalue weighted by Crippen LogP contribution is -2.02. The molecule has 4 aromatic rings. The van der Waals surface area contributed by atoms with E-state index in [1.54, 1.807) is 12.1 Å². The number of aryl methyl sites for hydroxylation is 1. The van der Waals surface area contributed by atoms with Crippen LogP contribution in [-0.2, 0) is 0 Å². The molecule has 0 amide bonds. The van der Waals surface area contributed by atoms with Crippen molar-refractivity contribution >= 4 is 10.8 Å². The van der Waals surface area contributed by atoms with Crippen molar-refractivity contribution in [2.45, 2.75) is 13.1 Å². The molecule has 6 heteroatoms. The molecule has 0 heterocycles. The Labute approximate surface area is 180 Å². The smallest absolute Gasteiger partial charge is 0.206 e. The number of rotatable bonds is 2. The van der Waals surface area contributed by atoms with Crippen LogP contribution in [0.3, 0.4) is 0 Å². The van der Waals surface area contributed by atoms with E-state index < -0.39 is 29.2 Å². The second-order valence-electron chi connectivity index (χ2n) is 7.29. The van der Waals surface area contributed by atoms with Crippen LogP contribution in [-0.4, -0.2) is 6.18 Å². The summed E-state index contributed by atoms with van der Waals surface area (Å²) in [6, 6.07) is 17.2. The standard InChI is InChI=1S/C26H14F6/c1-15-2-4-16(5-3-15)17-6-8-20(23(27)13-17)18-7-9-21-19(12-18)14-24(28)22(25(21)29)10-11-26(30,31)32/h2-9,12-14H,1H3. The van der Waals surface area contributed by atoms with Crippen molar-refractivity contribution in [3.8, 4) is 34.1 Å². The van der Waals surface area contributed by atoms with Gasteiger partial charge >= 0.3 is 6.18 Å². The zero-order chi connectivity index (χ0) is 23.0. The Bertz CT molecular complexity index is 1390. The van der Waals surface area contributed by atoms with Crippen molar-refractivity contribution in [3.63, 3.8) is 0 Å². The predicted molar refractivity (Wildman–Crippen MR) is 112 cm³/mol. The van der Waals surface area contributed by atoms with E-state index in [9.17, 15) is 26.3 Å². The van der Waals surface area contributed by atoms with Crippen LogP contribution in [0.4, 0.5) is 26.3 Å². The molecule has 0 fully saturated rings. The highest BCUT2D eigenvalue weighted by atomic mass is 19.4. The van der Waals surface area contributed by atoms with Crippen LogP contribution in [0.25, 0.3) is 33.0 Å². The maximum Gasteiger partial charge on any atom is 0.458 e. The molecule has 0 aromatic heterocycles. The third-order valence-electron chi connectivity index (χ3n) is 5.02. The van der Waals surface area contributed by atoms with Gasteiger partial charge in [0, 0.05) is 16.9 Å². The Morgan fingerprint density at radius 3 is 2.00 bits per heavy atom. The molecule has 0 atom stereocenters. The van der Waals surface area contributed by atoms with Crippen LogP contribution in [0.2, 0.25) is 0 Å². The average molecular weight is 440 g/mol. The lowest BCUT2D eigenvalue weighted by atomic mass is 9.96. The second-order valence-corrected chi connectivity index (χ2v) is 7.29. The Kier molecular flexibility index (Phi) is 5.43. The number of halogens is 6. The lowest BCUT2D eigenvalue weighted by molar-refractivity contribution is -0.0696. The normalized spacial score (nSPS) is 11.3. The molecule has 0 unspecified atom stereocenters. The molecular formula is C26H14F6. The van der Waals surface area contributed by atoms with Gasteiger partial charge in [0.05, 0.1) is 5.56 Å². The molecule has 0 aliphatic rings. The van der Waals surface area contributed by atoms with Gasteiger partial charge in [-0.2, -0.15) is 13.2 Å². The van der Waals surface area contributed by atoms with Gasteiger partial charge in [-0.3, -0.25) is 0 Å². The van der Waals surface area contributed by atoms with E-state index in [1.165, 1.54) is 30.2 Å². The fraction of sp³-hybridized carbons (Fsp3) is 0.0769. The summed E-state index contributed by atoms with van der Waals surface area (Å²) in [6.07, 6.45) is -4.88. The zero-order valence-corrected chi connectivity index (χ0v) is 16.6. The Hall–Kier alpha value is -3.72. The summed E-state index contributed by atoms with van der Waals surface area (Å²) in [5.41, 5.74) is 2.24. The average Bonchev–Trinajstić information content (AvgIpc) is 2.73. The van der Waals surface area contributed by atoms with E-state index in [1.807, 2.05) is 31.2 Å². The van der Waals surface area contributed by atoms with Crippen molar-refractivity contribution in [2.75, 3.05) is 0 Å². The van der Waals surface area contributed by atoms with Gasteiger partial charge in [-0.1, -0.05) is 60.0 Å². The molecule has 0 aliphatic heterocycles. The highest BCUT2D eigenvalue weighted by molar-refractivity contribution is 5.89. The maximum absolute atomic E-state index is 14.9. The van der Waals surface area contributed by atoms with Gasteiger partial charge in [-0.15, -0.1) is 0 Å². The van der Waals surface area contributed by atoms with Gasteiger partial charge in [-0.25, -0.2) is 13.2 Å². The van der Waals surface area contributed by atoms with Crippen LogP contribution < -0.4 is 0 Å². The molecule has 32 heavy (non-hydrogen) atoms. The van der Waals surface area contributed by atoms with E-state index in [-0.39, 0.29) is 16.3 Å². The highest BCUT2D eigenvalue weighted by Crippen LogP contribution is 2.32. The number of benzene rings is 4. The van der Waals surface area contributed by atoms with E-state index in [4.69, 9.17) is 0 Å². The Morgan fingerprint density at radius 2 is 1.34 bits per heavy atom. The molecule has 0 saturated carbocycles. The molecule has 160 valence electrons. The largest absolute Gasteiger partial charge is 0.458 e. The molecular weight excluding hydrogens is 426 g/mol. The number of fused-ring (bicyclic) bond motifs is 1. The summed E-state index contributed by atoms with van der Waals surface area (Å²) in [5, 5.41) is -0.0321. The van der Waals surface area contributed by atoms with Crippen molar-refractivity contribution in [1.29, 1.82) is 0 Å². The summed E-state index contributed by atoms with van der Waals surface area (Å²) in [6.45, 7) is 1.95. The first-order chi connectivity index (χ1) is 15.1. The summed E-state index contributed by atoms with van der Waals surface area (Å²) >= 11 is 0. The highest BCUT2D eigenvalue weighted by Gasteiger charge is 2.24. The maximum atomic E-state index is 14.9. The third kappa shape index (κ3) is 4.33. The minimum atomic E-state index is -4.88. The van der Waals surface area contributed by atoms with E-state index in [0.717, 1.165) is 23.1 Å². The monoisotopic (exact) mass is 440 g/mol. The molecule has 0 N–H and O–H groups in total. The van der Waals surface area contributed by atoms with Crippen LogP contribution >= 0.6 is 0 Å². The predicted octanol–water partition coefficient (Wildman–Crippen LogP) is 7.81. The van der Waals surface area contributed by atoms with Gasteiger partial charge in [0.2, 0.25) is 0 Å². The summed E-state index contributed by atoms with van der Waals surface area (Å²) in [5.74, 6) is -0.556. The van der Waals surface area contributed by atoms with Crippen LogP contribution in [0, 0.1) is 36.2 Å². The SMILES string of the molecule is Cc1ccc(-c2ccc(-c3ccc4c(F)c(C#CC(F)(F)F)c(F)cc4c3)c(F)c2)cc1. The molecule has 0 spiro atoms. The first-order valence-electron chi connectivity index (χ1n) is 9.51. The van der Waals surface area contributed by atoms with Crippen LogP contribution in [0.1, 0.15) is 11.1 Å². The van der Waals surface area contributed by atoms with Crippen molar-refractivity contribution in [1.82, 2.24) is 0 Å². The minimum absolute atomic E-state index is 0.0806. The molecule has 0 bridgehead atoms. The zero-order valence-electron chi connectivity index (χ0n) is 16.6. The third-order valence-corrected chi connectivity index (χ3v) is 5.02. The number of hydrogen-bond acceptors (Lipinski definition) is 0. The topological polar surface area (TPSA) is 0 Å². The molecule has 0 aliphatic carbocycles. The number of alkyl halides is 3. The van der Waals surface area contributed by atoms with E-state index >= 15 is 0 Å². The molecule has 4 aromatic carbocycles. The summed E-state index contributed by atoms with van der Waals surface area (Å²) in [7, 11) is 0. The molecule has 0 nitrogen and oxygen atoms in total. The minimum Gasteiger partial charge on any atom is -0.206 e. The van der Waals surface area contributed by atoms with Crippen LogP contribution in [0.15, 0.2) is 66.7 Å². The quantitative estimate of drug-likeness (QED) is 0.220. The second kappa shape index (κ2) is 8.08. The van der Waals surface area contributed by atoms with Gasteiger partial charge in [0.1, 0.15) is 17.5 Å². The molecule has 4 rings (SSSR count). The van der Waals surface area contributed by atoms with Gasteiger partial charge in [0.25, 0.3) is 0 Å². The van der Waals surface area contributed by atoms with E-state index in [2.05, 4.69) is 0 Å². The first kappa shape index (κ1) is 21.5. The lowest BCUT2D eigenvalue weighted by Gasteiger charge is -2.10. The summed E-state index contributed by atoms with van der Waals surface area (Å²) in [4.78, 5) is 0. The van der Waals surface area contributed by atoms with Gasteiger partial charge in [-0.05, 0) is 47.2 Å². The van der Waals surface area contributed by atoms with Gasteiger partial charge in [0.15, 0.2) is 0 Å². The first-order valence-corrected chi connectivity index (χ1v) is 9.51. The van der Waals surface area contributed by atoms with Crippen molar-refractivity contribution in [2.24, 2.45) is 0 Å². The fourth-order valence-corrected chi connectivity index (χ4v) is 3.42. The Balaban J connectivity index is 1.75. The number of hydrogen-bond donors (Lipinski definition) is 0. The summed E-state index contributed by atoms with van der Waals surface area (Å²) < 4.78 is 80.6. The molecule has 0 radical (unpaired) electrons. The molecule has 0 saturated heterocycles. The Morgan fingerprint density at radius 1 is 0.688 bits per heavy atom. The fourth-order valence-electron chi connectivity index (χ4n) is 3.42. The van der Waals surface area contributed by atoms with Crippen LogP contribution in [0.5, 0.6) is 0 Å². The van der Waals surface area contributed by atoms with Crippen molar-refractivity contribution in [3.05, 3.63) is 95.3 Å².